The van der Waals surface area contributed by atoms with E-state index in [0.29, 0.717) is 11.1 Å². The van der Waals surface area contributed by atoms with Crippen LogP contribution >= 0.6 is 12.2 Å². The Morgan fingerprint density at radius 2 is 1.89 bits per heavy atom. The molecule has 3 N–H and O–H groups in total. The Morgan fingerprint density at radius 1 is 1.33 bits per heavy atom. The molecule has 18 heavy (non-hydrogen) atoms. The smallest absolute Gasteiger partial charge is 0.241 e. The molecule has 0 amide bonds. The normalized spacial score (nSPS) is 12.4. The summed E-state index contributed by atoms with van der Waals surface area (Å²) in [5.41, 5.74) is 6.28. The summed E-state index contributed by atoms with van der Waals surface area (Å²) in [5.74, 6) is 0. The van der Waals surface area contributed by atoms with E-state index in [9.17, 15) is 8.42 Å². The molecule has 0 aromatic heterocycles. The highest BCUT2D eigenvalue weighted by atomic mass is 32.2. The molecule has 0 heterocycles. The number of benzene rings is 1. The first-order chi connectivity index (χ1) is 8.03. The van der Waals surface area contributed by atoms with Crippen LogP contribution in [-0.4, -0.2) is 18.9 Å². The Morgan fingerprint density at radius 3 is 2.28 bits per heavy atom. The molecular weight excluding hydrogens is 268 g/mol. The van der Waals surface area contributed by atoms with Gasteiger partial charge in [-0.1, -0.05) is 18.3 Å². The number of hydrogen-bond donors (Lipinski definition) is 2. The summed E-state index contributed by atoms with van der Waals surface area (Å²) >= 11 is 4.86. The second-order valence-electron chi connectivity index (χ2n) is 5.20. The lowest BCUT2D eigenvalue weighted by atomic mass is 10.1. The van der Waals surface area contributed by atoms with Crippen LogP contribution in [0.15, 0.2) is 23.1 Å². The van der Waals surface area contributed by atoms with Gasteiger partial charge in [0.1, 0.15) is 4.99 Å². The second kappa shape index (κ2) is 4.95. The van der Waals surface area contributed by atoms with Crippen molar-refractivity contribution < 1.29 is 8.42 Å². The Hall–Kier alpha value is -0.980. The topological polar surface area (TPSA) is 72.2 Å². The first-order valence-corrected chi connectivity index (χ1v) is 7.36. The van der Waals surface area contributed by atoms with Crippen LogP contribution in [0.1, 0.15) is 31.9 Å². The molecule has 0 saturated carbocycles. The van der Waals surface area contributed by atoms with Gasteiger partial charge >= 0.3 is 0 Å². The number of nitrogens with one attached hydrogen (secondary N) is 1. The Kier molecular flexibility index (Phi) is 4.15. The average molecular weight is 286 g/mol. The Balaban J connectivity index is 3.23. The molecule has 1 rings (SSSR count). The summed E-state index contributed by atoms with van der Waals surface area (Å²) in [7, 11) is -3.53. The van der Waals surface area contributed by atoms with E-state index in [4.69, 9.17) is 18.0 Å². The molecule has 0 aliphatic carbocycles. The first kappa shape index (κ1) is 15.1. The number of hydrogen-bond acceptors (Lipinski definition) is 3. The third kappa shape index (κ3) is 3.76. The van der Waals surface area contributed by atoms with Crippen LogP contribution in [-0.2, 0) is 10.0 Å². The Labute approximate surface area is 114 Å². The summed E-state index contributed by atoms with van der Waals surface area (Å²) in [6.07, 6.45) is 0. The van der Waals surface area contributed by atoms with Gasteiger partial charge in [-0.3, -0.25) is 0 Å². The first-order valence-electron chi connectivity index (χ1n) is 5.47. The molecule has 100 valence electrons. The van der Waals surface area contributed by atoms with Crippen molar-refractivity contribution in [2.24, 2.45) is 5.73 Å². The van der Waals surface area contributed by atoms with Gasteiger partial charge < -0.3 is 5.73 Å². The molecule has 0 radical (unpaired) electrons. The summed E-state index contributed by atoms with van der Waals surface area (Å²) in [6.45, 7) is 7.11. The van der Waals surface area contributed by atoms with Crippen molar-refractivity contribution in [1.29, 1.82) is 0 Å². The quantitative estimate of drug-likeness (QED) is 0.830. The van der Waals surface area contributed by atoms with Crippen molar-refractivity contribution >= 4 is 27.2 Å². The molecule has 0 bridgehead atoms. The zero-order valence-electron chi connectivity index (χ0n) is 10.9. The van der Waals surface area contributed by atoms with Gasteiger partial charge in [0.05, 0.1) is 4.90 Å². The van der Waals surface area contributed by atoms with Crippen molar-refractivity contribution in [3.8, 4) is 0 Å². The van der Waals surface area contributed by atoms with Gasteiger partial charge in [-0.2, -0.15) is 0 Å². The second-order valence-corrected chi connectivity index (χ2v) is 7.29. The minimum atomic E-state index is -3.53. The molecule has 0 fully saturated rings. The highest BCUT2D eigenvalue weighted by Gasteiger charge is 2.23. The van der Waals surface area contributed by atoms with Gasteiger partial charge in [0, 0.05) is 11.1 Å². The predicted octanol–water partition coefficient (Wildman–Crippen LogP) is 1.71. The van der Waals surface area contributed by atoms with E-state index in [1.54, 1.807) is 39.8 Å². The van der Waals surface area contributed by atoms with Crippen LogP contribution in [0.25, 0.3) is 0 Å². The fraction of sp³-hybridized carbons (Fsp3) is 0.417. The van der Waals surface area contributed by atoms with Gasteiger partial charge in [-0.15, -0.1) is 0 Å². The molecule has 0 aliphatic rings. The van der Waals surface area contributed by atoms with Crippen LogP contribution in [0.5, 0.6) is 0 Å². The number of nitrogens with two attached hydrogens (primary N) is 1. The number of aryl methyl sites for hydroxylation is 1. The van der Waals surface area contributed by atoms with Crippen molar-refractivity contribution in [1.82, 2.24) is 4.72 Å². The van der Waals surface area contributed by atoms with Crippen LogP contribution in [0, 0.1) is 6.92 Å². The maximum atomic E-state index is 12.2. The van der Waals surface area contributed by atoms with Crippen molar-refractivity contribution in [2.45, 2.75) is 38.1 Å². The van der Waals surface area contributed by atoms with Crippen LogP contribution in [0.3, 0.4) is 0 Å². The van der Waals surface area contributed by atoms with Gasteiger partial charge in [0.25, 0.3) is 0 Å². The van der Waals surface area contributed by atoms with Gasteiger partial charge in [-0.25, -0.2) is 13.1 Å². The molecule has 0 aliphatic heterocycles. The monoisotopic (exact) mass is 286 g/mol. The summed E-state index contributed by atoms with van der Waals surface area (Å²) in [5, 5.41) is 0. The van der Waals surface area contributed by atoms with Crippen LogP contribution in [0.4, 0.5) is 0 Å². The van der Waals surface area contributed by atoms with E-state index in [1.807, 2.05) is 0 Å². The largest absolute Gasteiger partial charge is 0.389 e. The maximum absolute atomic E-state index is 12.2. The molecule has 0 saturated heterocycles. The molecule has 4 nitrogen and oxygen atoms in total. The van der Waals surface area contributed by atoms with Gasteiger partial charge in [-0.05, 0) is 45.4 Å². The molecule has 6 heteroatoms. The van der Waals surface area contributed by atoms with E-state index in [0.717, 1.165) is 0 Å². The SMILES string of the molecule is Cc1cc(C(N)=S)ccc1S(=O)(=O)NC(C)(C)C. The zero-order chi connectivity index (χ0) is 14.1. The molecule has 1 aromatic rings. The number of thiocarbonyl (C=S) groups is 1. The number of rotatable bonds is 3. The average Bonchev–Trinajstić information content (AvgIpc) is 2.12. The standard InChI is InChI=1S/C12H18N2O2S2/c1-8-7-9(11(13)17)5-6-10(8)18(15,16)14-12(2,3)4/h5-7,14H,1-4H3,(H2,13,17). The minimum Gasteiger partial charge on any atom is -0.389 e. The van der Waals surface area contributed by atoms with E-state index in [2.05, 4.69) is 4.72 Å². The summed E-state index contributed by atoms with van der Waals surface area (Å²) < 4.78 is 27.0. The number of sulfonamides is 1. The van der Waals surface area contributed by atoms with Crippen LogP contribution in [0.2, 0.25) is 0 Å². The third-order valence-corrected chi connectivity index (χ3v) is 4.34. The summed E-state index contributed by atoms with van der Waals surface area (Å²) in [6, 6.07) is 4.82. The van der Waals surface area contributed by atoms with Crippen molar-refractivity contribution in [3.63, 3.8) is 0 Å². The molecule has 0 unspecified atom stereocenters. The summed E-state index contributed by atoms with van der Waals surface area (Å²) in [4.78, 5) is 0.503. The van der Waals surface area contributed by atoms with E-state index in [-0.39, 0.29) is 9.88 Å². The third-order valence-electron chi connectivity index (χ3n) is 2.19. The molecular formula is C12H18N2O2S2. The van der Waals surface area contributed by atoms with E-state index >= 15 is 0 Å². The predicted molar refractivity (Wildman–Crippen MR) is 77.1 cm³/mol. The van der Waals surface area contributed by atoms with Crippen molar-refractivity contribution in [2.75, 3.05) is 0 Å². The Bertz CT molecular complexity index is 572. The minimum absolute atomic E-state index is 0.248. The maximum Gasteiger partial charge on any atom is 0.241 e. The van der Waals surface area contributed by atoms with E-state index < -0.39 is 15.6 Å². The van der Waals surface area contributed by atoms with E-state index in [1.165, 1.54) is 6.07 Å². The lowest BCUT2D eigenvalue weighted by Crippen LogP contribution is -2.40. The van der Waals surface area contributed by atoms with Gasteiger partial charge in [0.2, 0.25) is 10.0 Å². The molecule has 1 aromatic carbocycles. The molecule has 0 atom stereocenters. The zero-order valence-corrected chi connectivity index (χ0v) is 12.6. The highest BCUT2D eigenvalue weighted by Crippen LogP contribution is 2.18. The van der Waals surface area contributed by atoms with Crippen LogP contribution < -0.4 is 10.5 Å². The fourth-order valence-electron chi connectivity index (χ4n) is 1.56. The highest BCUT2D eigenvalue weighted by molar-refractivity contribution is 7.89. The van der Waals surface area contributed by atoms with Gasteiger partial charge in [0.15, 0.2) is 0 Å². The lowest BCUT2D eigenvalue weighted by molar-refractivity contribution is 0.491. The molecule has 0 spiro atoms. The lowest BCUT2D eigenvalue weighted by Gasteiger charge is -2.21. The fourth-order valence-corrected chi connectivity index (χ4v) is 3.34. The van der Waals surface area contributed by atoms with Crippen molar-refractivity contribution in [3.05, 3.63) is 29.3 Å².